The van der Waals surface area contributed by atoms with E-state index in [1.54, 1.807) is 12.1 Å². The van der Waals surface area contributed by atoms with Gasteiger partial charge >= 0.3 is 5.97 Å². The van der Waals surface area contributed by atoms with Crippen molar-refractivity contribution in [3.63, 3.8) is 0 Å². The molecule has 1 unspecified atom stereocenters. The fourth-order valence-corrected chi connectivity index (χ4v) is 2.24. The number of aliphatic hydroxyl groups excluding tert-OH is 1. The lowest BCUT2D eigenvalue weighted by molar-refractivity contribution is 0.0697. The van der Waals surface area contributed by atoms with E-state index in [4.69, 9.17) is 5.11 Å². The van der Waals surface area contributed by atoms with Crippen LogP contribution >= 0.6 is 0 Å². The molecule has 4 heteroatoms. The van der Waals surface area contributed by atoms with Crippen LogP contribution in [0.3, 0.4) is 0 Å². The van der Waals surface area contributed by atoms with Gasteiger partial charge in [-0.2, -0.15) is 0 Å². The van der Waals surface area contributed by atoms with E-state index in [0.717, 1.165) is 12.0 Å². The first-order chi connectivity index (χ1) is 9.23. The van der Waals surface area contributed by atoms with Gasteiger partial charge in [0, 0.05) is 12.6 Å². The van der Waals surface area contributed by atoms with Gasteiger partial charge in [0.15, 0.2) is 0 Å². The van der Waals surface area contributed by atoms with Crippen molar-refractivity contribution in [2.24, 2.45) is 5.41 Å². The Morgan fingerprint density at radius 3 is 2.20 bits per heavy atom. The van der Waals surface area contributed by atoms with Gasteiger partial charge in [0.1, 0.15) is 0 Å². The summed E-state index contributed by atoms with van der Waals surface area (Å²) in [6.07, 6.45) is 0.910. The number of rotatable bonds is 6. The lowest BCUT2D eigenvalue weighted by atomic mass is 9.88. The first-order valence-corrected chi connectivity index (χ1v) is 6.86. The number of aliphatic hydroxyl groups is 1. The number of hydrogen-bond donors (Lipinski definition) is 2. The average molecular weight is 279 g/mol. The predicted molar refractivity (Wildman–Crippen MR) is 79.8 cm³/mol. The molecule has 1 aromatic carbocycles. The van der Waals surface area contributed by atoms with Crippen molar-refractivity contribution in [1.29, 1.82) is 0 Å². The number of hydrogen-bond acceptors (Lipinski definition) is 3. The van der Waals surface area contributed by atoms with Gasteiger partial charge in [0.2, 0.25) is 0 Å². The molecule has 0 spiro atoms. The SMILES string of the molecule is CN(Cc1ccc(C(=O)O)cc1)C(CO)CC(C)(C)C. The molecule has 0 aliphatic carbocycles. The molecule has 1 aromatic rings. The zero-order valence-corrected chi connectivity index (χ0v) is 12.8. The molecule has 0 aliphatic rings. The highest BCUT2D eigenvalue weighted by Gasteiger charge is 2.21. The second kappa shape index (κ2) is 6.86. The first-order valence-electron chi connectivity index (χ1n) is 6.86. The summed E-state index contributed by atoms with van der Waals surface area (Å²) in [5.74, 6) is -0.911. The van der Waals surface area contributed by atoms with Crippen LogP contribution in [0.1, 0.15) is 43.1 Å². The Morgan fingerprint density at radius 1 is 1.25 bits per heavy atom. The van der Waals surface area contributed by atoms with Crippen LogP contribution in [-0.2, 0) is 6.54 Å². The number of nitrogens with zero attached hydrogens (tertiary/aromatic N) is 1. The molecule has 2 N–H and O–H groups in total. The molecule has 1 atom stereocenters. The van der Waals surface area contributed by atoms with E-state index in [-0.39, 0.29) is 18.1 Å². The van der Waals surface area contributed by atoms with Crippen LogP contribution in [0, 0.1) is 5.41 Å². The van der Waals surface area contributed by atoms with E-state index >= 15 is 0 Å². The lowest BCUT2D eigenvalue weighted by Crippen LogP contribution is -2.37. The van der Waals surface area contributed by atoms with Gasteiger partial charge in [-0.05, 0) is 36.6 Å². The van der Waals surface area contributed by atoms with E-state index < -0.39 is 5.97 Å². The van der Waals surface area contributed by atoms with Crippen LogP contribution in [0.5, 0.6) is 0 Å². The summed E-state index contributed by atoms with van der Waals surface area (Å²) >= 11 is 0. The molecule has 0 fully saturated rings. The predicted octanol–water partition coefficient (Wildman–Crippen LogP) is 2.61. The van der Waals surface area contributed by atoms with Gasteiger partial charge in [0.05, 0.1) is 12.2 Å². The average Bonchev–Trinajstić information content (AvgIpc) is 2.35. The number of carbonyl (C=O) groups is 1. The van der Waals surface area contributed by atoms with Crippen molar-refractivity contribution in [2.45, 2.75) is 39.8 Å². The fraction of sp³-hybridized carbons (Fsp3) is 0.562. The molecule has 0 bridgehead atoms. The number of carboxylic acids is 1. The molecular formula is C16H25NO3. The molecule has 20 heavy (non-hydrogen) atoms. The maximum atomic E-state index is 10.8. The highest BCUT2D eigenvalue weighted by atomic mass is 16.4. The minimum Gasteiger partial charge on any atom is -0.478 e. The molecule has 0 aromatic heterocycles. The summed E-state index contributed by atoms with van der Waals surface area (Å²) in [6.45, 7) is 7.30. The Balaban J connectivity index is 2.68. The van der Waals surface area contributed by atoms with E-state index in [9.17, 15) is 9.90 Å². The molecule has 0 heterocycles. The zero-order valence-electron chi connectivity index (χ0n) is 12.8. The highest BCUT2D eigenvalue weighted by Crippen LogP contribution is 2.23. The molecule has 0 saturated heterocycles. The van der Waals surface area contributed by atoms with Crippen molar-refractivity contribution in [3.05, 3.63) is 35.4 Å². The molecule has 4 nitrogen and oxygen atoms in total. The molecule has 112 valence electrons. The summed E-state index contributed by atoms with van der Waals surface area (Å²) in [5.41, 5.74) is 1.50. The van der Waals surface area contributed by atoms with Crippen LogP contribution in [0.4, 0.5) is 0 Å². The fourth-order valence-electron chi connectivity index (χ4n) is 2.24. The molecule has 1 rings (SSSR count). The van der Waals surface area contributed by atoms with E-state index in [2.05, 4.69) is 25.7 Å². The van der Waals surface area contributed by atoms with Gasteiger partial charge in [0.25, 0.3) is 0 Å². The molecular weight excluding hydrogens is 254 g/mol. The van der Waals surface area contributed by atoms with Crippen LogP contribution in [0.2, 0.25) is 0 Å². The van der Waals surface area contributed by atoms with Crippen molar-refractivity contribution >= 4 is 5.97 Å². The van der Waals surface area contributed by atoms with E-state index in [0.29, 0.717) is 12.1 Å². The van der Waals surface area contributed by atoms with Crippen LogP contribution in [0.25, 0.3) is 0 Å². The van der Waals surface area contributed by atoms with Crippen LogP contribution in [0.15, 0.2) is 24.3 Å². The van der Waals surface area contributed by atoms with Gasteiger partial charge in [-0.15, -0.1) is 0 Å². The van der Waals surface area contributed by atoms with Gasteiger partial charge in [-0.3, -0.25) is 4.90 Å². The van der Waals surface area contributed by atoms with Crippen molar-refractivity contribution in [3.8, 4) is 0 Å². The lowest BCUT2D eigenvalue weighted by Gasteiger charge is -2.32. The van der Waals surface area contributed by atoms with Gasteiger partial charge < -0.3 is 10.2 Å². The van der Waals surface area contributed by atoms with Crippen molar-refractivity contribution < 1.29 is 15.0 Å². The summed E-state index contributed by atoms with van der Waals surface area (Å²) in [4.78, 5) is 12.9. The number of benzene rings is 1. The molecule has 0 amide bonds. The van der Waals surface area contributed by atoms with E-state index in [1.165, 1.54) is 0 Å². The summed E-state index contributed by atoms with van der Waals surface area (Å²) in [6, 6.07) is 6.98. The largest absolute Gasteiger partial charge is 0.478 e. The van der Waals surface area contributed by atoms with Crippen LogP contribution < -0.4 is 0 Å². The Morgan fingerprint density at radius 2 is 1.80 bits per heavy atom. The topological polar surface area (TPSA) is 60.8 Å². The minimum atomic E-state index is -0.911. The third kappa shape index (κ3) is 5.31. The Labute approximate surface area is 121 Å². The van der Waals surface area contributed by atoms with E-state index in [1.807, 2.05) is 19.2 Å². The maximum Gasteiger partial charge on any atom is 0.335 e. The number of carboxylic acid groups (broad SMARTS) is 1. The molecule has 0 saturated carbocycles. The Bertz CT molecular complexity index is 434. The third-order valence-corrected chi connectivity index (χ3v) is 3.31. The minimum absolute atomic E-state index is 0.106. The smallest absolute Gasteiger partial charge is 0.335 e. The standard InChI is InChI=1S/C16H25NO3/c1-16(2,3)9-14(11-18)17(4)10-12-5-7-13(8-6-12)15(19)20/h5-8,14,18H,9-11H2,1-4H3,(H,19,20). The number of likely N-dealkylation sites (N-methyl/N-ethyl adjacent to an activating group) is 1. The summed E-state index contributed by atoms with van der Waals surface area (Å²) in [5, 5.41) is 18.4. The molecule has 0 aliphatic heterocycles. The second-order valence-electron chi connectivity index (χ2n) is 6.52. The quantitative estimate of drug-likeness (QED) is 0.840. The van der Waals surface area contributed by atoms with Gasteiger partial charge in [-0.1, -0.05) is 32.9 Å². The maximum absolute atomic E-state index is 10.8. The first kappa shape index (κ1) is 16.7. The monoisotopic (exact) mass is 279 g/mol. The second-order valence-corrected chi connectivity index (χ2v) is 6.52. The van der Waals surface area contributed by atoms with Gasteiger partial charge in [-0.25, -0.2) is 4.79 Å². The van der Waals surface area contributed by atoms with Crippen molar-refractivity contribution in [2.75, 3.05) is 13.7 Å². The number of aromatic carboxylic acids is 1. The summed E-state index contributed by atoms with van der Waals surface area (Å²) < 4.78 is 0. The summed E-state index contributed by atoms with van der Waals surface area (Å²) in [7, 11) is 1.98. The Hall–Kier alpha value is -1.39. The normalized spacial score (nSPS) is 13.5. The van der Waals surface area contributed by atoms with Crippen molar-refractivity contribution in [1.82, 2.24) is 4.90 Å². The molecule has 0 radical (unpaired) electrons. The highest BCUT2D eigenvalue weighted by molar-refractivity contribution is 5.87. The van der Waals surface area contributed by atoms with Crippen LogP contribution in [-0.4, -0.2) is 40.8 Å². The Kier molecular flexibility index (Phi) is 5.72. The third-order valence-electron chi connectivity index (χ3n) is 3.31. The zero-order chi connectivity index (χ0) is 15.3.